The fourth-order valence-electron chi connectivity index (χ4n) is 14.9. The molecule has 0 aromatic heterocycles. The number of benzene rings is 6. The first kappa shape index (κ1) is 47.3. The molecule has 6 aromatic carbocycles. The maximum Gasteiger partial charge on any atom is 0.0675 e. The molecule has 0 bridgehead atoms. The lowest BCUT2D eigenvalue weighted by atomic mass is 9.70. The molecule has 376 valence electrons. The van der Waals surface area contributed by atoms with Gasteiger partial charge in [0, 0.05) is 50.5 Å². The van der Waals surface area contributed by atoms with Gasteiger partial charge in [-0.05, 0) is 178 Å². The van der Waals surface area contributed by atoms with Crippen molar-refractivity contribution in [1.82, 2.24) is 4.90 Å². The molecule has 1 heterocycles. The molecule has 1 saturated heterocycles. The van der Waals surface area contributed by atoms with Crippen molar-refractivity contribution in [3.05, 3.63) is 304 Å². The van der Waals surface area contributed by atoms with Gasteiger partial charge in [-0.2, -0.15) is 0 Å². The van der Waals surface area contributed by atoms with Crippen LogP contribution < -0.4 is 4.90 Å². The number of nitrogens with zero attached hydrogens (tertiary/aromatic N) is 2. The van der Waals surface area contributed by atoms with Crippen molar-refractivity contribution >= 4 is 22.4 Å². The second-order valence-corrected chi connectivity index (χ2v) is 24.1. The third kappa shape index (κ3) is 7.36. The van der Waals surface area contributed by atoms with E-state index in [-0.39, 0.29) is 33.7 Å². The summed E-state index contributed by atoms with van der Waals surface area (Å²) >= 11 is 0. The first-order valence-corrected chi connectivity index (χ1v) is 28.1. The van der Waals surface area contributed by atoms with Crippen molar-refractivity contribution in [3.63, 3.8) is 0 Å². The molecule has 1 aliphatic heterocycles. The van der Waals surface area contributed by atoms with Crippen LogP contribution in [0.25, 0.3) is 39.0 Å². The van der Waals surface area contributed by atoms with Crippen molar-refractivity contribution in [2.75, 3.05) is 4.90 Å². The monoisotopic (exact) mass is 995 g/mol. The summed E-state index contributed by atoms with van der Waals surface area (Å²) in [6.07, 6.45) is 37.2. The maximum atomic E-state index is 3.75. The molecule has 4 atom stereocenters. The van der Waals surface area contributed by atoms with Crippen molar-refractivity contribution in [1.29, 1.82) is 0 Å². The molecular formula is C75H66N2. The van der Waals surface area contributed by atoms with Crippen LogP contribution >= 0.6 is 0 Å². The van der Waals surface area contributed by atoms with E-state index < -0.39 is 0 Å². The molecule has 7 aliphatic carbocycles. The summed E-state index contributed by atoms with van der Waals surface area (Å²) in [7, 11) is 0. The zero-order valence-electron chi connectivity index (χ0n) is 45.3. The van der Waals surface area contributed by atoms with E-state index in [4.69, 9.17) is 0 Å². The Kier molecular flexibility index (Phi) is 10.9. The number of likely N-dealkylation sites (tertiary alicyclic amines) is 1. The van der Waals surface area contributed by atoms with Gasteiger partial charge in [0.2, 0.25) is 0 Å². The molecule has 1 fully saturated rings. The highest BCUT2D eigenvalue weighted by Crippen LogP contribution is 2.62. The highest BCUT2D eigenvalue weighted by atomic mass is 15.3. The van der Waals surface area contributed by atoms with Crippen LogP contribution in [-0.2, 0) is 10.8 Å². The Labute approximate surface area is 456 Å². The minimum atomic E-state index is -0.201. The quantitative estimate of drug-likeness (QED) is 0.140. The summed E-state index contributed by atoms with van der Waals surface area (Å²) in [6.45, 7) is 14.9. The fourth-order valence-corrected chi connectivity index (χ4v) is 14.9. The third-order valence-corrected chi connectivity index (χ3v) is 18.9. The van der Waals surface area contributed by atoms with Gasteiger partial charge in [-0.25, -0.2) is 0 Å². The number of hydrogen-bond donors (Lipinski definition) is 0. The van der Waals surface area contributed by atoms with Gasteiger partial charge in [-0.1, -0.05) is 204 Å². The average molecular weight is 995 g/mol. The van der Waals surface area contributed by atoms with Gasteiger partial charge in [0.1, 0.15) is 0 Å². The topological polar surface area (TPSA) is 6.48 Å². The Morgan fingerprint density at radius 1 is 0.571 bits per heavy atom. The molecule has 0 saturated carbocycles. The number of fused-ring (bicyclic) bond motifs is 8. The predicted octanol–water partition coefficient (Wildman–Crippen LogP) is 18.5. The van der Waals surface area contributed by atoms with Crippen molar-refractivity contribution < 1.29 is 0 Å². The summed E-state index contributed by atoms with van der Waals surface area (Å²) in [4.78, 5) is 5.34. The summed E-state index contributed by atoms with van der Waals surface area (Å²) in [5, 5.41) is 0. The smallest absolute Gasteiger partial charge is 0.0675 e. The minimum Gasteiger partial charge on any atom is -0.338 e. The molecule has 0 radical (unpaired) electrons. The standard InChI is InChI=1S/C75H66N2/c1-72(2)65-31-21-30-61(56-28-20-29-59(46-56)77-70-33-17-18-42-74(70,5)69-32-16-19-43-75(69,77)6)71(65)64-49-67-63(48-68(64)72)62-41-40-58(47-66(62)73(67,3)4)76(57-38-36-53(37-39-57)50-22-10-7-11-23-50)60-44-54(51-24-12-8-13-25-51)34-35-55(45-60)52-26-14-9-15-27-52/h7-34,36-41,44-45,48-49,56,58H,42-43,46-47H2,1-6H3. The zero-order valence-corrected chi connectivity index (χ0v) is 45.3. The number of rotatable bonds is 8. The van der Waals surface area contributed by atoms with Gasteiger partial charge < -0.3 is 9.80 Å². The Morgan fingerprint density at radius 3 is 2.01 bits per heavy atom. The Morgan fingerprint density at radius 2 is 1.25 bits per heavy atom. The molecule has 2 nitrogen and oxygen atoms in total. The van der Waals surface area contributed by atoms with Gasteiger partial charge in [-0.15, -0.1) is 5.73 Å². The van der Waals surface area contributed by atoms with Gasteiger partial charge >= 0.3 is 0 Å². The van der Waals surface area contributed by atoms with E-state index in [1.807, 2.05) is 0 Å². The van der Waals surface area contributed by atoms with Gasteiger partial charge in [0.25, 0.3) is 0 Å². The molecule has 14 rings (SSSR count). The van der Waals surface area contributed by atoms with E-state index >= 15 is 0 Å². The van der Waals surface area contributed by atoms with Crippen molar-refractivity contribution in [2.45, 2.75) is 95.6 Å². The van der Waals surface area contributed by atoms with Crippen LogP contribution in [0.3, 0.4) is 0 Å². The van der Waals surface area contributed by atoms with E-state index in [9.17, 15) is 0 Å². The van der Waals surface area contributed by atoms with Crippen LogP contribution in [0.4, 0.5) is 5.69 Å². The maximum absolute atomic E-state index is 3.75. The lowest BCUT2D eigenvalue weighted by molar-refractivity contribution is 0.258. The van der Waals surface area contributed by atoms with E-state index in [0.29, 0.717) is 0 Å². The lowest BCUT2D eigenvalue weighted by Gasteiger charge is -2.41. The first-order valence-electron chi connectivity index (χ1n) is 28.1. The van der Waals surface area contributed by atoms with Crippen LogP contribution in [0.15, 0.2) is 265 Å². The number of hydrogen-bond acceptors (Lipinski definition) is 2. The lowest BCUT2D eigenvalue weighted by Crippen LogP contribution is -2.41. The number of anilines is 1. The molecule has 77 heavy (non-hydrogen) atoms. The average Bonchev–Trinajstić information content (AvgIpc) is 4.06. The normalized spacial score (nSPS) is 24.5. The molecule has 0 amide bonds. The van der Waals surface area contributed by atoms with Crippen molar-refractivity contribution in [2.24, 2.45) is 5.41 Å². The summed E-state index contributed by atoms with van der Waals surface area (Å²) in [5.41, 5.74) is 29.9. The molecular weight excluding hydrogens is 929 g/mol. The third-order valence-electron chi connectivity index (χ3n) is 18.9. The van der Waals surface area contributed by atoms with E-state index in [1.54, 1.807) is 5.57 Å². The molecule has 0 spiro atoms. The van der Waals surface area contributed by atoms with Crippen molar-refractivity contribution in [3.8, 4) is 22.3 Å². The second-order valence-electron chi connectivity index (χ2n) is 24.1. The zero-order chi connectivity index (χ0) is 52.3. The Hall–Kier alpha value is -8.16. The largest absolute Gasteiger partial charge is 0.338 e. The highest BCUT2D eigenvalue weighted by Gasteiger charge is 2.56. The SMILES string of the molecule is CC12CC=CC=C1N(C1=CC=CC(c3cccc4c3-c3cc5c(cc3C4(C)C)C3=C(CC(N(C4=CC(c6ccccc6)=C=CC(c6ccccc6)=C4)c4ccc(-c6ccccc6)cc4)C=C3)C5(C)C)C1)C1(C)CC=CC=C21. The van der Waals surface area contributed by atoms with E-state index in [0.717, 1.165) is 53.8 Å². The van der Waals surface area contributed by atoms with Crippen LogP contribution in [0.1, 0.15) is 112 Å². The van der Waals surface area contributed by atoms with Crippen LogP contribution in [-0.4, -0.2) is 16.5 Å². The molecule has 4 unspecified atom stereocenters. The van der Waals surface area contributed by atoms with Crippen LogP contribution in [0.5, 0.6) is 0 Å². The minimum absolute atomic E-state index is 0.000917. The first-order chi connectivity index (χ1) is 37.4. The van der Waals surface area contributed by atoms with E-state index in [1.165, 1.54) is 78.2 Å². The van der Waals surface area contributed by atoms with Gasteiger partial charge in [-0.3, -0.25) is 0 Å². The fraction of sp³-hybridized carbons (Fsp3) is 0.213. The van der Waals surface area contributed by atoms with E-state index in [2.05, 4.69) is 288 Å². The number of allylic oxidation sites excluding steroid dienone is 16. The predicted molar refractivity (Wildman–Crippen MR) is 323 cm³/mol. The summed E-state index contributed by atoms with van der Waals surface area (Å²) < 4.78 is 0. The molecule has 0 N–H and O–H groups in total. The Balaban J connectivity index is 0.836. The summed E-state index contributed by atoms with van der Waals surface area (Å²) in [6, 6.07) is 54.0. The summed E-state index contributed by atoms with van der Waals surface area (Å²) in [5.74, 6) is 0.250. The Bertz CT molecular complexity index is 3850. The van der Waals surface area contributed by atoms with Gasteiger partial charge in [0.05, 0.1) is 11.6 Å². The molecule has 6 aromatic rings. The highest BCUT2D eigenvalue weighted by molar-refractivity contribution is 5.94. The van der Waals surface area contributed by atoms with Crippen LogP contribution in [0.2, 0.25) is 0 Å². The molecule has 8 aliphatic rings. The van der Waals surface area contributed by atoms with Gasteiger partial charge in [0.15, 0.2) is 0 Å². The molecule has 2 heteroatoms. The second kappa shape index (κ2) is 17.7. The van der Waals surface area contributed by atoms with Crippen LogP contribution in [0, 0.1) is 5.41 Å².